The number of aliphatic hydroxyl groups is 1. The van der Waals surface area contributed by atoms with E-state index in [-0.39, 0.29) is 12.5 Å². The Morgan fingerprint density at radius 3 is 2.91 bits per heavy atom. The highest BCUT2D eigenvalue weighted by molar-refractivity contribution is 5.78. The standard InChI is InChI=1S/C18H28N2O2/c1-15-7-3-4-8-16(15)13-19(2)18(22)14-20-11-5-9-17(20)10-6-12-21/h3-4,7-8,17,21H,5-6,9-14H2,1-2H3. The van der Waals surface area contributed by atoms with Gasteiger partial charge in [0.1, 0.15) is 0 Å². The average molecular weight is 304 g/mol. The Kier molecular flexibility index (Phi) is 6.40. The van der Waals surface area contributed by atoms with Crippen molar-refractivity contribution in [2.45, 2.75) is 45.2 Å². The number of hydrogen-bond acceptors (Lipinski definition) is 3. The van der Waals surface area contributed by atoms with Crippen LogP contribution in [0.25, 0.3) is 0 Å². The normalized spacial score (nSPS) is 18.6. The number of carbonyl (C=O) groups excluding carboxylic acids is 1. The molecule has 1 N–H and O–H groups in total. The fourth-order valence-electron chi connectivity index (χ4n) is 3.18. The molecule has 1 aliphatic rings. The Morgan fingerprint density at radius 1 is 1.41 bits per heavy atom. The van der Waals surface area contributed by atoms with Crippen LogP contribution in [0.3, 0.4) is 0 Å². The number of aryl methyl sites for hydroxylation is 1. The first-order valence-electron chi connectivity index (χ1n) is 8.25. The van der Waals surface area contributed by atoms with Gasteiger partial charge in [0, 0.05) is 26.2 Å². The number of likely N-dealkylation sites (N-methyl/N-ethyl adjacent to an activating group) is 1. The summed E-state index contributed by atoms with van der Waals surface area (Å²) in [4.78, 5) is 16.6. The summed E-state index contributed by atoms with van der Waals surface area (Å²) >= 11 is 0. The maximum absolute atomic E-state index is 12.5. The minimum atomic E-state index is 0.180. The summed E-state index contributed by atoms with van der Waals surface area (Å²) in [5, 5.41) is 8.98. The summed E-state index contributed by atoms with van der Waals surface area (Å²) in [5.41, 5.74) is 2.43. The Balaban J connectivity index is 1.87. The van der Waals surface area contributed by atoms with Crippen LogP contribution in [-0.4, -0.2) is 53.6 Å². The number of hydrogen-bond donors (Lipinski definition) is 1. The molecule has 1 aromatic carbocycles. The maximum Gasteiger partial charge on any atom is 0.236 e. The molecule has 22 heavy (non-hydrogen) atoms. The van der Waals surface area contributed by atoms with Crippen LogP contribution in [0.15, 0.2) is 24.3 Å². The van der Waals surface area contributed by atoms with E-state index in [0.29, 0.717) is 19.1 Å². The summed E-state index contributed by atoms with van der Waals surface area (Å²) in [5.74, 6) is 0.180. The summed E-state index contributed by atoms with van der Waals surface area (Å²) in [6.45, 7) is 4.49. The molecule has 0 saturated carbocycles. The van der Waals surface area contributed by atoms with Gasteiger partial charge in [-0.2, -0.15) is 0 Å². The molecule has 4 nitrogen and oxygen atoms in total. The molecule has 1 amide bonds. The SMILES string of the molecule is Cc1ccccc1CN(C)C(=O)CN1CCCC1CCCO. The van der Waals surface area contributed by atoms with E-state index in [4.69, 9.17) is 5.11 Å². The highest BCUT2D eigenvalue weighted by Crippen LogP contribution is 2.21. The zero-order valence-corrected chi connectivity index (χ0v) is 13.8. The molecule has 2 rings (SSSR count). The van der Waals surface area contributed by atoms with Crippen molar-refractivity contribution in [3.05, 3.63) is 35.4 Å². The second-order valence-electron chi connectivity index (χ2n) is 6.31. The van der Waals surface area contributed by atoms with Crippen molar-refractivity contribution in [3.63, 3.8) is 0 Å². The van der Waals surface area contributed by atoms with Gasteiger partial charge in [-0.3, -0.25) is 9.69 Å². The zero-order chi connectivity index (χ0) is 15.9. The van der Waals surface area contributed by atoms with E-state index in [2.05, 4.69) is 24.0 Å². The van der Waals surface area contributed by atoms with Crippen LogP contribution in [-0.2, 0) is 11.3 Å². The number of amides is 1. The predicted molar refractivity (Wildman–Crippen MR) is 88.6 cm³/mol. The molecule has 1 aromatic rings. The van der Waals surface area contributed by atoms with Crippen LogP contribution >= 0.6 is 0 Å². The van der Waals surface area contributed by atoms with Gasteiger partial charge < -0.3 is 10.0 Å². The number of aliphatic hydroxyl groups excluding tert-OH is 1. The van der Waals surface area contributed by atoms with Gasteiger partial charge in [0.25, 0.3) is 0 Å². The van der Waals surface area contributed by atoms with E-state index in [0.717, 1.165) is 32.2 Å². The van der Waals surface area contributed by atoms with Crippen LogP contribution < -0.4 is 0 Å². The van der Waals surface area contributed by atoms with Gasteiger partial charge in [0.05, 0.1) is 6.54 Å². The third-order valence-electron chi connectivity index (χ3n) is 4.63. The van der Waals surface area contributed by atoms with Gasteiger partial charge in [-0.15, -0.1) is 0 Å². The molecule has 0 spiro atoms. The van der Waals surface area contributed by atoms with E-state index < -0.39 is 0 Å². The summed E-state index contributed by atoms with van der Waals surface area (Å²) in [7, 11) is 1.88. The number of benzene rings is 1. The molecule has 1 heterocycles. The molecule has 0 aliphatic carbocycles. The lowest BCUT2D eigenvalue weighted by atomic mass is 10.1. The number of likely N-dealkylation sites (tertiary alicyclic amines) is 1. The van der Waals surface area contributed by atoms with Crippen molar-refractivity contribution in [1.82, 2.24) is 9.80 Å². The van der Waals surface area contributed by atoms with Crippen LogP contribution in [0.1, 0.15) is 36.8 Å². The second-order valence-corrected chi connectivity index (χ2v) is 6.31. The third kappa shape index (κ3) is 4.55. The van der Waals surface area contributed by atoms with E-state index in [1.807, 2.05) is 24.1 Å². The van der Waals surface area contributed by atoms with E-state index in [9.17, 15) is 4.79 Å². The van der Waals surface area contributed by atoms with Gasteiger partial charge in [0.15, 0.2) is 0 Å². The Bertz CT molecular complexity index is 490. The maximum atomic E-state index is 12.5. The van der Waals surface area contributed by atoms with Gasteiger partial charge in [-0.05, 0) is 50.3 Å². The first-order valence-corrected chi connectivity index (χ1v) is 8.25. The van der Waals surface area contributed by atoms with Crippen molar-refractivity contribution in [2.24, 2.45) is 0 Å². The summed E-state index contributed by atoms with van der Waals surface area (Å²) in [6.07, 6.45) is 4.12. The zero-order valence-electron chi connectivity index (χ0n) is 13.8. The Hall–Kier alpha value is -1.39. The van der Waals surface area contributed by atoms with Crippen LogP contribution in [0.5, 0.6) is 0 Å². The molecule has 0 aromatic heterocycles. The fraction of sp³-hybridized carbons (Fsp3) is 0.611. The molecular weight excluding hydrogens is 276 g/mol. The highest BCUT2D eigenvalue weighted by Gasteiger charge is 2.26. The molecule has 1 fully saturated rings. The van der Waals surface area contributed by atoms with Crippen LogP contribution in [0, 0.1) is 6.92 Å². The molecule has 122 valence electrons. The van der Waals surface area contributed by atoms with E-state index >= 15 is 0 Å². The Morgan fingerprint density at radius 2 is 2.18 bits per heavy atom. The van der Waals surface area contributed by atoms with E-state index in [1.54, 1.807) is 0 Å². The summed E-state index contributed by atoms with van der Waals surface area (Å²) < 4.78 is 0. The van der Waals surface area contributed by atoms with E-state index in [1.165, 1.54) is 11.1 Å². The van der Waals surface area contributed by atoms with Gasteiger partial charge >= 0.3 is 0 Å². The van der Waals surface area contributed by atoms with Gasteiger partial charge in [0.2, 0.25) is 5.91 Å². The molecule has 1 aliphatic heterocycles. The lowest BCUT2D eigenvalue weighted by molar-refractivity contribution is -0.131. The second kappa shape index (κ2) is 8.30. The highest BCUT2D eigenvalue weighted by atomic mass is 16.3. The Labute approximate surface area is 133 Å². The van der Waals surface area contributed by atoms with Gasteiger partial charge in [-0.1, -0.05) is 24.3 Å². The number of rotatable bonds is 7. The first kappa shape index (κ1) is 17.0. The topological polar surface area (TPSA) is 43.8 Å². The third-order valence-corrected chi connectivity index (χ3v) is 4.63. The number of carbonyl (C=O) groups is 1. The molecule has 0 bridgehead atoms. The predicted octanol–water partition coefficient (Wildman–Crippen LogP) is 2.19. The van der Waals surface area contributed by atoms with Crippen LogP contribution in [0.2, 0.25) is 0 Å². The molecular formula is C18H28N2O2. The lowest BCUT2D eigenvalue weighted by Gasteiger charge is -2.26. The quantitative estimate of drug-likeness (QED) is 0.840. The molecule has 1 unspecified atom stereocenters. The van der Waals surface area contributed by atoms with Crippen molar-refractivity contribution >= 4 is 5.91 Å². The van der Waals surface area contributed by atoms with Crippen molar-refractivity contribution in [1.29, 1.82) is 0 Å². The minimum Gasteiger partial charge on any atom is -0.396 e. The van der Waals surface area contributed by atoms with Crippen molar-refractivity contribution in [2.75, 3.05) is 26.7 Å². The fourth-order valence-corrected chi connectivity index (χ4v) is 3.18. The first-order chi connectivity index (χ1) is 10.6. The minimum absolute atomic E-state index is 0.180. The monoisotopic (exact) mass is 304 g/mol. The molecule has 0 radical (unpaired) electrons. The van der Waals surface area contributed by atoms with Crippen molar-refractivity contribution in [3.8, 4) is 0 Å². The summed E-state index contributed by atoms with van der Waals surface area (Å²) in [6, 6.07) is 8.67. The van der Waals surface area contributed by atoms with Gasteiger partial charge in [-0.25, -0.2) is 0 Å². The molecule has 1 atom stereocenters. The lowest BCUT2D eigenvalue weighted by Crippen LogP contribution is -2.40. The molecule has 4 heteroatoms. The molecule has 1 saturated heterocycles. The van der Waals surface area contributed by atoms with Crippen LogP contribution in [0.4, 0.5) is 0 Å². The average Bonchev–Trinajstić information content (AvgIpc) is 2.94. The smallest absolute Gasteiger partial charge is 0.236 e. The van der Waals surface area contributed by atoms with Crippen molar-refractivity contribution < 1.29 is 9.90 Å². The number of nitrogens with zero attached hydrogens (tertiary/aromatic N) is 2. The largest absolute Gasteiger partial charge is 0.396 e.